The van der Waals surface area contributed by atoms with Crippen LogP contribution in [0.5, 0.6) is 0 Å². The Morgan fingerprint density at radius 2 is 2.00 bits per heavy atom. The third-order valence-electron chi connectivity index (χ3n) is 1.79. The van der Waals surface area contributed by atoms with Crippen molar-refractivity contribution in [2.45, 2.75) is 20.0 Å². The second-order valence-electron chi connectivity index (χ2n) is 2.93. The fraction of sp³-hybridized carbons (Fsp3) is 0.333. The second kappa shape index (κ2) is 5.55. The maximum absolute atomic E-state index is 5.38. The van der Waals surface area contributed by atoms with Gasteiger partial charge in [0.15, 0.2) is 0 Å². The van der Waals surface area contributed by atoms with Crippen LogP contribution >= 0.6 is 0 Å². The minimum absolute atomic E-state index is 0.199. The monoisotopic (exact) mass is 176 g/mol. The third kappa shape index (κ3) is 3.90. The molecule has 0 heterocycles. The molecule has 1 rings (SSSR count). The van der Waals surface area contributed by atoms with E-state index in [2.05, 4.69) is 24.3 Å². The molecule has 0 N–H and O–H groups in total. The molecule has 0 radical (unpaired) electrons. The Balaban J connectivity index is 2.49. The van der Waals surface area contributed by atoms with Gasteiger partial charge in [-0.15, -0.1) is 0 Å². The highest BCUT2D eigenvalue weighted by atomic mass is 16.5. The molecule has 1 atom stereocenters. The van der Waals surface area contributed by atoms with Gasteiger partial charge in [-0.1, -0.05) is 42.5 Å². The molecule has 1 aromatic rings. The Morgan fingerprint density at radius 3 is 2.62 bits per heavy atom. The lowest BCUT2D eigenvalue weighted by molar-refractivity contribution is 0.110. The number of hydrogen-bond donors (Lipinski definition) is 0. The first kappa shape index (κ1) is 10.0. The molecule has 0 bridgehead atoms. The summed E-state index contributed by atoms with van der Waals surface area (Å²) in [5.74, 6) is 0. The van der Waals surface area contributed by atoms with Crippen molar-refractivity contribution in [3.8, 4) is 0 Å². The van der Waals surface area contributed by atoms with Crippen LogP contribution in [0.2, 0.25) is 0 Å². The van der Waals surface area contributed by atoms with Crippen LogP contribution < -0.4 is 0 Å². The summed E-state index contributed by atoms with van der Waals surface area (Å²) in [5, 5.41) is 0. The molecule has 70 valence electrons. The van der Waals surface area contributed by atoms with Crippen LogP contribution in [0.1, 0.15) is 19.4 Å². The topological polar surface area (TPSA) is 9.23 Å². The maximum atomic E-state index is 5.38. The molecule has 0 spiro atoms. The summed E-state index contributed by atoms with van der Waals surface area (Å²) in [6.45, 7) is 4.82. The smallest absolute Gasteiger partial charge is 0.0730 e. The Labute approximate surface area is 80.0 Å². The van der Waals surface area contributed by atoms with Gasteiger partial charge in [-0.2, -0.15) is 0 Å². The van der Waals surface area contributed by atoms with Crippen LogP contribution in [0.4, 0.5) is 0 Å². The summed E-state index contributed by atoms with van der Waals surface area (Å²) in [7, 11) is 0. The lowest BCUT2D eigenvalue weighted by Gasteiger charge is -2.04. The van der Waals surface area contributed by atoms with Crippen LogP contribution in [0.15, 0.2) is 36.4 Å². The fourth-order valence-corrected chi connectivity index (χ4v) is 1.13. The largest absolute Gasteiger partial charge is 0.375 e. The number of hydrogen-bond acceptors (Lipinski definition) is 1. The van der Waals surface area contributed by atoms with Crippen molar-refractivity contribution >= 4 is 6.08 Å². The maximum Gasteiger partial charge on any atom is 0.0730 e. The van der Waals surface area contributed by atoms with E-state index in [-0.39, 0.29) is 6.10 Å². The number of ether oxygens (including phenoxy) is 1. The molecule has 1 heteroatoms. The highest BCUT2D eigenvalue weighted by Gasteiger charge is 1.92. The van der Waals surface area contributed by atoms with Gasteiger partial charge in [-0.05, 0) is 19.4 Å². The molecule has 1 unspecified atom stereocenters. The van der Waals surface area contributed by atoms with Crippen LogP contribution in [0.3, 0.4) is 0 Å². The molecule has 0 aliphatic rings. The van der Waals surface area contributed by atoms with Crippen molar-refractivity contribution < 1.29 is 4.74 Å². The SMILES string of the molecule is CCOC(C)C=Cc1ccccc1. The average Bonchev–Trinajstić information content (AvgIpc) is 2.17. The first-order valence-corrected chi connectivity index (χ1v) is 4.67. The minimum Gasteiger partial charge on any atom is -0.375 e. The Bertz CT molecular complexity index is 251. The van der Waals surface area contributed by atoms with E-state index < -0.39 is 0 Å². The number of rotatable bonds is 4. The van der Waals surface area contributed by atoms with Crippen LogP contribution in [-0.4, -0.2) is 12.7 Å². The summed E-state index contributed by atoms with van der Waals surface area (Å²) < 4.78 is 5.38. The molecule has 0 aliphatic carbocycles. The van der Waals surface area contributed by atoms with Gasteiger partial charge in [0.05, 0.1) is 6.10 Å². The lowest BCUT2D eigenvalue weighted by atomic mass is 10.2. The Morgan fingerprint density at radius 1 is 1.31 bits per heavy atom. The van der Waals surface area contributed by atoms with Crippen molar-refractivity contribution in [3.63, 3.8) is 0 Å². The molecule has 0 amide bonds. The highest BCUT2D eigenvalue weighted by molar-refractivity contribution is 5.49. The van der Waals surface area contributed by atoms with Crippen LogP contribution in [0.25, 0.3) is 6.08 Å². The van der Waals surface area contributed by atoms with Gasteiger partial charge < -0.3 is 4.74 Å². The third-order valence-corrected chi connectivity index (χ3v) is 1.79. The van der Waals surface area contributed by atoms with Crippen molar-refractivity contribution in [2.75, 3.05) is 6.61 Å². The zero-order valence-electron chi connectivity index (χ0n) is 8.23. The first-order valence-electron chi connectivity index (χ1n) is 4.67. The standard InChI is InChI=1S/C12H16O/c1-3-13-11(2)9-10-12-7-5-4-6-8-12/h4-11H,3H2,1-2H3. The van der Waals surface area contributed by atoms with Crippen LogP contribution in [0, 0.1) is 0 Å². The highest BCUT2D eigenvalue weighted by Crippen LogP contribution is 2.03. The molecule has 1 aromatic carbocycles. The van der Waals surface area contributed by atoms with Gasteiger partial charge in [0.2, 0.25) is 0 Å². The van der Waals surface area contributed by atoms with E-state index in [9.17, 15) is 0 Å². The van der Waals surface area contributed by atoms with Gasteiger partial charge in [0.25, 0.3) is 0 Å². The summed E-state index contributed by atoms with van der Waals surface area (Å²) in [4.78, 5) is 0. The van der Waals surface area contributed by atoms with E-state index >= 15 is 0 Å². The van der Waals surface area contributed by atoms with E-state index in [1.807, 2.05) is 32.0 Å². The summed E-state index contributed by atoms with van der Waals surface area (Å²) in [6.07, 6.45) is 4.35. The van der Waals surface area contributed by atoms with E-state index in [0.717, 1.165) is 6.61 Å². The predicted octanol–water partition coefficient (Wildman–Crippen LogP) is 3.12. The van der Waals surface area contributed by atoms with E-state index in [1.54, 1.807) is 0 Å². The van der Waals surface area contributed by atoms with E-state index in [0.29, 0.717) is 0 Å². The quantitative estimate of drug-likeness (QED) is 0.685. The molecule has 0 saturated heterocycles. The summed E-state index contributed by atoms with van der Waals surface area (Å²) in [5.41, 5.74) is 1.22. The zero-order chi connectivity index (χ0) is 9.52. The van der Waals surface area contributed by atoms with Gasteiger partial charge in [0, 0.05) is 6.61 Å². The van der Waals surface area contributed by atoms with Gasteiger partial charge in [-0.25, -0.2) is 0 Å². The zero-order valence-corrected chi connectivity index (χ0v) is 8.23. The molecular weight excluding hydrogens is 160 g/mol. The Kier molecular flexibility index (Phi) is 4.27. The van der Waals surface area contributed by atoms with Gasteiger partial charge >= 0.3 is 0 Å². The van der Waals surface area contributed by atoms with Crippen molar-refractivity contribution in [2.24, 2.45) is 0 Å². The molecule has 0 saturated carbocycles. The van der Waals surface area contributed by atoms with Gasteiger partial charge in [-0.3, -0.25) is 0 Å². The van der Waals surface area contributed by atoms with E-state index in [1.165, 1.54) is 5.56 Å². The molecule has 0 fully saturated rings. The minimum atomic E-state index is 0.199. The predicted molar refractivity (Wildman–Crippen MR) is 56.6 cm³/mol. The van der Waals surface area contributed by atoms with Crippen molar-refractivity contribution in [3.05, 3.63) is 42.0 Å². The summed E-state index contributed by atoms with van der Waals surface area (Å²) in [6, 6.07) is 10.2. The molecule has 0 aromatic heterocycles. The van der Waals surface area contributed by atoms with Crippen molar-refractivity contribution in [1.29, 1.82) is 0 Å². The Hall–Kier alpha value is -1.08. The number of benzene rings is 1. The first-order chi connectivity index (χ1) is 6.33. The normalized spacial score (nSPS) is 13.4. The molecule has 13 heavy (non-hydrogen) atoms. The second-order valence-corrected chi connectivity index (χ2v) is 2.93. The van der Waals surface area contributed by atoms with Crippen LogP contribution in [-0.2, 0) is 4.74 Å². The molecule has 0 aliphatic heterocycles. The molecular formula is C12H16O. The van der Waals surface area contributed by atoms with Crippen molar-refractivity contribution in [1.82, 2.24) is 0 Å². The van der Waals surface area contributed by atoms with Gasteiger partial charge in [0.1, 0.15) is 0 Å². The van der Waals surface area contributed by atoms with E-state index in [4.69, 9.17) is 4.74 Å². The summed E-state index contributed by atoms with van der Waals surface area (Å²) >= 11 is 0. The lowest BCUT2D eigenvalue weighted by Crippen LogP contribution is -2.02. The fourth-order valence-electron chi connectivity index (χ4n) is 1.13. The molecule has 1 nitrogen and oxygen atoms in total. The average molecular weight is 176 g/mol.